The number of rotatable bonds is 5. The number of carbonyl (C=O) groups excluding carboxylic acids is 1. The lowest BCUT2D eigenvalue weighted by Gasteiger charge is -2.14. The number of carbonyl (C=O) groups is 1. The van der Waals surface area contributed by atoms with Crippen LogP contribution in [0.3, 0.4) is 0 Å². The number of nitrogens with one attached hydrogen (secondary N) is 1. The molecular weight excluding hydrogens is 354 g/mol. The van der Waals surface area contributed by atoms with E-state index in [9.17, 15) is 10.1 Å². The number of aromatic nitrogens is 1. The number of hydrogen-bond donors (Lipinski definition) is 1. The second-order valence-electron chi connectivity index (χ2n) is 5.04. The van der Waals surface area contributed by atoms with Crippen molar-refractivity contribution < 1.29 is 4.79 Å². The minimum Gasteiger partial charge on any atom is -0.349 e. The Bertz CT molecular complexity index is 750. The molecule has 0 radical (unpaired) electrons. The highest BCUT2D eigenvalue weighted by atomic mass is 79.9. The molecule has 2 aromatic rings. The van der Waals surface area contributed by atoms with E-state index in [4.69, 9.17) is 0 Å². The molecule has 2 rings (SSSR count). The van der Waals surface area contributed by atoms with Crippen molar-refractivity contribution in [2.75, 3.05) is 0 Å². The molecule has 1 heterocycles. The molecule has 1 atom stereocenters. The molecule has 1 N–H and O–H groups in total. The van der Waals surface area contributed by atoms with Gasteiger partial charge in [-0.3, -0.25) is 4.79 Å². The van der Waals surface area contributed by atoms with Crippen LogP contribution in [0.5, 0.6) is 0 Å². The fraction of sp³-hybridized carbons (Fsp3) is 0.167. The molecule has 0 fully saturated rings. The minimum atomic E-state index is -0.191. The van der Waals surface area contributed by atoms with Gasteiger partial charge in [-0.05, 0) is 46.6 Å². The van der Waals surface area contributed by atoms with Crippen LogP contribution >= 0.6 is 15.9 Å². The lowest BCUT2D eigenvalue weighted by molar-refractivity contribution is -0.121. The third-order valence-electron chi connectivity index (χ3n) is 3.23. The number of hydrogen-bond acceptors (Lipinski definition) is 3. The monoisotopic (exact) mass is 369 g/mol. The standard InChI is InChI=1S/C18H16BrN3O/c1-13(15-6-3-2-4-7-15)21-18(23)11-14(12-20)10-16-8-5-9-17(19)22-16/h2-10,13H,11H2,1H3,(H,21,23)/b14-10-. The van der Waals surface area contributed by atoms with Crippen molar-refractivity contribution in [1.82, 2.24) is 10.3 Å². The molecule has 1 amide bonds. The molecule has 23 heavy (non-hydrogen) atoms. The summed E-state index contributed by atoms with van der Waals surface area (Å²) in [6, 6.07) is 17.1. The maximum atomic E-state index is 12.1. The summed E-state index contributed by atoms with van der Waals surface area (Å²) < 4.78 is 0.686. The average molecular weight is 370 g/mol. The Morgan fingerprint density at radius 2 is 2.04 bits per heavy atom. The van der Waals surface area contributed by atoms with E-state index >= 15 is 0 Å². The largest absolute Gasteiger partial charge is 0.349 e. The molecule has 0 spiro atoms. The van der Waals surface area contributed by atoms with Crippen LogP contribution in [0.4, 0.5) is 0 Å². The van der Waals surface area contributed by atoms with Gasteiger partial charge in [0, 0.05) is 5.57 Å². The first-order valence-corrected chi connectivity index (χ1v) is 7.95. The van der Waals surface area contributed by atoms with Crippen molar-refractivity contribution in [2.24, 2.45) is 0 Å². The fourth-order valence-electron chi connectivity index (χ4n) is 2.10. The van der Waals surface area contributed by atoms with Crippen LogP contribution in [0.1, 0.15) is 30.6 Å². The van der Waals surface area contributed by atoms with Gasteiger partial charge in [-0.1, -0.05) is 36.4 Å². The highest BCUT2D eigenvalue weighted by molar-refractivity contribution is 9.10. The molecule has 0 bridgehead atoms. The molecular formula is C18H16BrN3O. The summed E-state index contributed by atoms with van der Waals surface area (Å²) >= 11 is 3.28. The molecule has 0 saturated carbocycles. The van der Waals surface area contributed by atoms with E-state index in [-0.39, 0.29) is 18.4 Å². The van der Waals surface area contributed by atoms with Crippen LogP contribution in [-0.2, 0) is 4.79 Å². The molecule has 116 valence electrons. The lowest BCUT2D eigenvalue weighted by Crippen LogP contribution is -2.26. The van der Waals surface area contributed by atoms with E-state index < -0.39 is 0 Å². The summed E-state index contributed by atoms with van der Waals surface area (Å²) in [6.45, 7) is 1.92. The number of nitrogens with zero attached hydrogens (tertiary/aromatic N) is 2. The first-order valence-electron chi connectivity index (χ1n) is 7.16. The molecule has 0 saturated heterocycles. The van der Waals surface area contributed by atoms with Crippen LogP contribution in [0.25, 0.3) is 6.08 Å². The smallest absolute Gasteiger partial charge is 0.225 e. The zero-order valence-corrected chi connectivity index (χ0v) is 14.2. The van der Waals surface area contributed by atoms with Gasteiger partial charge < -0.3 is 5.32 Å². The molecule has 4 nitrogen and oxygen atoms in total. The van der Waals surface area contributed by atoms with Crippen molar-refractivity contribution in [3.05, 3.63) is 70.0 Å². The summed E-state index contributed by atoms with van der Waals surface area (Å²) in [4.78, 5) is 16.4. The molecule has 1 unspecified atom stereocenters. The number of amides is 1. The topological polar surface area (TPSA) is 65.8 Å². The third kappa shape index (κ3) is 5.35. The summed E-state index contributed by atoms with van der Waals surface area (Å²) in [5, 5.41) is 12.1. The van der Waals surface area contributed by atoms with Crippen LogP contribution in [0, 0.1) is 11.3 Å². The summed E-state index contributed by atoms with van der Waals surface area (Å²) in [5.74, 6) is -0.191. The van der Waals surface area contributed by atoms with Crippen LogP contribution in [0.15, 0.2) is 58.7 Å². The zero-order chi connectivity index (χ0) is 16.7. The Balaban J connectivity index is 2.02. The van der Waals surface area contributed by atoms with Crippen molar-refractivity contribution in [3.63, 3.8) is 0 Å². The highest BCUT2D eigenvalue weighted by Gasteiger charge is 2.11. The molecule has 5 heteroatoms. The molecule has 0 aliphatic heterocycles. The first kappa shape index (κ1) is 16.9. The van der Waals surface area contributed by atoms with Crippen LogP contribution in [0.2, 0.25) is 0 Å². The Morgan fingerprint density at radius 1 is 1.30 bits per heavy atom. The summed E-state index contributed by atoms with van der Waals surface area (Å²) in [5.41, 5.74) is 2.03. The van der Waals surface area contributed by atoms with Crippen LogP contribution in [-0.4, -0.2) is 10.9 Å². The minimum absolute atomic E-state index is 0.0296. The first-order chi connectivity index (χ1) is 11.1. The van der Waals surface area contributed by atoms with Gasteiger partial charge in [0.2, 0.25) is 5.91 Å². The fourth-order valence-corrected chi connectivity index (χ4v) is 2.45. The predicted octanol–water partition coefficient (Wildman–Crippen LogP) is 4.02. The Labute approximate surface area is 144 Å². The van der Waals surface area contributed by atoms with Crippen molar-refractivity contribution in [2.45, 2.75) is 19.4 Å². The highest BCUT2D eigenvalue weighted by Crippen LogP contribution is 2.14. The zero-order valence-electron chi connectivity index (χ0n) is 12.7. The van der Waals surface area contributed by atoms with E-state index in [0.29, 0.717) is 15.9 Å². The number of nitriles is 1. The van der Waals surface area contributed by atoms with Gasteiger partial charge in [-0.15, -0.1) is 0 Å². The van der Waals surface area contributed by atoms with Crippen LogP contribution < -0.4 is 5.32 Å². The number of halogens is 1. The molecule has 1 aromatic carbocycles. The summed E-state index contributed by atoms with van der Waals surface area (Å²) in [7, 11) is 0. The number of benzene rings is 1. The van der Waals surface area contributed by atoms with E-state index in [1.807, 2.05) is 43.3 Å². The van der Waals surface area contributed by atoms with Gasteiger partial charge in [0.25, 0.3) is 0 Å². The second-order valence-corrected chi connectivity index (χ2v) is 5.86. The van der Waals surface area contributed by atoms with Gasteiger partial charge in [-0.2, -0.15) is 5.26 Å². The van der Waals surface area contributed by atoms with E-state index in [2.05, 4.69) is 32.3 Å². The van der Waals surface area contributed by atoms with Crippen molar-refractivity contribution >= 4 is 27.9 Å². The normalized spacial score (nSPS) is 12.3. The van der Waals surface area contributed by atoms with Gasteiger partial charge in [0.15, 0.2) is 0 Å². The predicted molar refractivity (Wildman–Crippen MR) is 93.1 cm³/mol. The quantitative estimate of drug-likeness (QED) is 0.639. The molecule has 1 aromatic heterocycles. The molecule has 0 aliphatic carbocycles. The van der Waals surface area contributed by atoms with Gasteiger partial charge in [-0.25, -0.2) is 4.98 Å². The Morgan fingerprint density at radius 3 is 2.70 bits per heavy atom. The van der Waals surface area contributed by atoms with Crippen molar-refractivity contribution in [1.29, 1.82) is 5.26 Å². The summed E-state index contributed by atoms with van der Waals surface area (Å²) in [6.07, 6.45) is 1.65. The Kier molecular flexibility index (Phi) is 6.07. The third-order valence-corrected chi connectivity index (χ3v) is 3.67. The Hall–Kier alpha value is -2.45. The van der Waals surface area contributed by atoms with E-state index in [0.717, 1.165) is 5.56 Å². The maximum Gasteiger partial charge on any atom is 0.225 e. The van der Waals surface area contributed by atoms with Gasteiger partial charge in [0.1, 0.15) is 4.60 Å². The lowest BCUT2D eigenvalue weighted by atomic mass is 10.1. The second kappa shape index (κ2) is 8.25. The van der Waals surface area contributed by atoms with Crippen molar-refractivity contribution in [3.8, 4) is 6.07 Å². The van der Waals surface area contributed by atoms with Gasteiger partial charge in [0.05, 0.1) is 24.2 Å². The van der Waals surface area contributed by atoms with E-state index in [1.54, 1.807) is 18.2 Å². The average Bonchev–Trinajstić information content (AvgIpc) is 2.55. The SMILES string of the molecule is CC(NC(=O)C/C(C#N)=C/c1cccc(Br)n1)c1ccccc1. The maximum absolute atomic E-state index is 12.1. The van der Waals surface area contributed by atoms with E-state index in [1.165, 1.54) is 0 Å². The van der Waals surface area contributed by atoms with Gasteiger partial charge >= 0.3 is 0 Å². The number of pyridine rings is 1. The molecule has 0 aliphatic rings.